The zero-order valence-corrected chi connectivity index (χ0v) is 16.7. The minimum Gasteiger partial charge on any atom is -0.334 e. The lowest BCUT2D eigenvalue weighted by Crippen LogP contribution is -2.39. The van der Waals surface area contributed by atoms with Gasteiger partial charge in [-0.1, -0.05) is 42.5 Å². The third-order valence-electron chi connectivity index (χ3n) is 5.18. The van der Waals surface area contributed by atoms with E-state index < -0.39 is 0 Å². The van der Waals surface area contributed by atoms with E-state index in [2.05, 4.69) is 32.7 Å². The maximum absolute atomic E-state index is 12.5. The van der Waals surface area contributed by atoms with Gasteiger partial charge < -0.3 is 10.6 Å². The van der Waals surface area contributed by atoms with Crippen LogP contribution in [0, 0.1) is 0 Å². The highest BCUT2D eigenvalue weighted by atomic mass is 16.2. The molecule has 4 rings (SSSR count). The Morgan fingerprint density at radius 2 is 1.87 bits per heavy atom. The highest BCUT2D eigenvalue weighted by Gasteiger charge is 2.23. The van der Waals surface area contributed by atoms with Crippen LogP contribution >= 0.6 is 0 Å². The predicted molar refractivity (Wildman–Crippen MR) is 116 cm³/mol. The number of hydrogen-bond donors (Lipinski definition) is 2. The molecule has 0 bridgehead atoms. The molecule has 30 heavy (non-hydrogen) atoms. The summed E-state index contributed by atoms with van der Waals surface area (Å²) in [6.07, 6.45) is 4.11. The number of amides is 2. The molecule has 2 aromatic carbocycles. The number of nitrogens with one attached hydrogen (secondary N) is 2. The lowest BCUT2D eigenvalue weighted by molar-refractivity contribution is 0.247. The zero-order chi connectivity index (χ0) is 20.8. The summed E-state index contributed by atoms with van der Waals surface area (Å²) >= 11 is 0. The van der Waals surface area contributed by atoms with Crippen molar-refractivity contribution >= 4 is 11.7 Å². The molecule has 1 aliphatic rings. The first-order valence-electron chi connectivity index (χ1n) is 10.1. The van der Waals surface area contributed by atoms with Crippen LogP contribution in [0.4, 0.5) is 10.5 Å². The Bertz CT molecular complexity index is 1050. The average molecular weight is 403 g/mol. The largest absolute Gasteiger partial charge is 0.347 e. The van der Waals surface area contributed by atoms with Crippen LogP contribution in [0.3, 0.4) is 0 Å². The van der Waals surface area contributed by atoms with Crippen LogP contribution in [0.25, 0.3) is 0 Å². The van der Waals surface area contributed by atoms with Crippen LogP contribution in [-0.4, -0.2) is 39.6 Å². The number of hydrogen-bond acceptors (Lipinski definition) is 4. The second-order valence-corrected chi connectivity index (χ2v) is 7.54. The third-order valence-corrected chi connectivity index (χ3v) is 5.18. The number of urea groups is 1. The summed E-state index contributed by atoms with van der Waals surface area (Å²) in [5.74, 6) is 0. The summed E-state index contributed by atoms with van der Waals surface area (Å²) in [6, 6.07) is 19.5. The summed E-state index contributed by atoms with van der Waals surface area (Å²) in [7, 11) is 0. The number of benzene rings is 2. The average Bonchev–Trinajstić information content (AvgIpc) is 3.17. The van der Waals surface area contributed by atoms with Crippen molar-refractivity contribution in [2.45, 2.75) is 25.6 Å². The van der Waals surface area contributed by atoms with E-state index in [4.69, 9.17) is 0 Å². The van der Waals surface area contributed by atoms with Gasteiger partial charge in [0.2, 0.25) is 0 Å². The number of carbonyl (C=O) groups is 1. The number of carbonyl (C=O) groups excluding carboxylic acids is 1. The highest BCUT2D eigenvalue weighted by molar-refractivity contribution is 5.89. The lowest BCUT2D eigenvalue weighted by atomic mass is 10.2. The van der Waals surface area contributed by atoms with Crippen LogP contribution in [-0.2, 0) is 13.1 Å². The molecule has 0 saturated carbocycles. The Labute approximate surface area is 175 Å². The van der Waals surface area contributed by atoms with E-state index in [9.17, 15) is 9.59 Å². The molecule has 1 unspecified atom stereocenters. The Morgan fingerprint density at radius 3 is 2.70 bits per heavy atom. The first-order chi connectivity index (χ1) is 14.7. The number of anilines is 1. The van der Waals surface area contributed by atoms with Crippen molar-refractivity contribution in [3.05, 3.63) is 94.7 Å². The van der Waals surface area contributed by atoms with E-state index in [1.165, 1.54) is 16.3 Å². The first-order valence-corrected chi connectivity index (χ1v) is 10.1. The molecule has 0 aliphatic carbocycles. The van der Waals surface area contributed by atoms with Gasteiger partial charge in [-0.3, -0.25) is 9.47 Å². The van der Waals surface area contributed by atoms with Crippen molar-refractivity contribution < 1.29 is 4.79 Å². The maximum atomic E-state index is 12.5. The van der Waals surface area contributed by atoms with Crippen molar-refractivity contribution in [3.63, 3.8) is 0 Å². The van der Waals surface area contributed by atoms with E-state index in [-0.39, 0.29) is 17.8 Å². The number of rotatable bonds is 6. The molecular formula is C23H25N5O2. The zero-order valence-electron chi connectivity index (χ0n) is 16.7. The Morgan fingerprint density at radius 1 is 1.03 bits per heavy atom. The van der Waals surface area contributed by atoms with E-state index in [1.807, 2.05) is 42.5 Å². The SMILES string of the molecule is O=C(Nc1cccc(Cn2cccnc2=O)c1)NC1CCN(Cc2ccccc2)C1. The van der Waals surface area contributed by atoms with Crippen LogP contribution in [0.15, 0.2) is 77.9 Å². The molecule has 1 aromatic heterocycles. The summed E-state index contributed by atoms with van der Waals surface area (Å²) in [5, 5.41) is 5.97. The lowest BCUT2D eigenvalue weighted by Gasteiger charge is -2.17. The highest BCUT2D eigenvalue weighted by Crippen LogP contribution is 2.15. The van der Waals surface area contributed by atoms with Crippen molar-refractivity contribution in [2.75, 3.05) is 18.4 Å². The molecule has 1 aliphatic heterocycles. The van der Waals surface area contributed by atoms with Crippen molar-refractivity contribution in [1.82, 2.24) is 19.8 Å². The Hall–Kier alpha value is -3.45. The van der Waals surface area contributed by atoms with Gasteiger partial charge in [0.05, 0.1) is 6.54 Å². The fourth-order valence-corrected chi connectivity index (χ4v) is 3.74. The molecular weight excluding hydrogens is 378 g/mol. The molecule has 3 aromatic rings. The van der Waals surface area contributed by atoms with Gasteiger partial charge >= 0.3 is 11.7 Å². The smallest absolute Gasteiger partial charge is 0.334 e. The summed E-state index contributed by atoms with van der Waals surface area (Å²) in [5.41, 5.74) is 2.60. The fraction of sp³-hybridized carbons (Fsp3) is 0.261. The van der Waals surface area contributed by atoms with E-state index >= 15 is 0 Å². The van der Waals surface area contributed by atoms with Crippen LogP contribution in [0.5, 0.6) is 0 Å². The van der Waals surface area contributed by atoms with Gasteiger partial charge in [0, 0.05) is 43.8 Å². The molecule has 154 valence electrons. The summed E-state index contributed by atoms with van der Waals surface area (Å²) in [6.45, 7) is 3.11. The molecule has 1 saturated heterocycles. The van der Waals surface area contributed by atoms with Gasteiger partial charge in [0.1, 0.15) is 0 Å². The van der Waals surface area contributed by atoms with Gasteiger partial charge in [0.25, 0.3) is 0 Å². The standard InChI is InChI=1S/C23H25N5O2/c29-22(26-21-10-13-27(17-21)15-18-6-2-1-3-7-18)25-20-9-4-8-19(14-20)16-28-12-5-11-24-23(28)30/h1-9,11-12,14,21H,10,13,15-17H2,(H2,25,26,29). The molecule has 2 heterocycles. The van der Waals surface area contributed by atoms with E-state index in [0.717, 1.165) is 31.6 Å². The molecule has 7 heteroatoms. The van der Waals surface area contributed by atoms with E-state index in [1.54, 1.807) is 12.3 Å². The molecule has 2 amide bonds. The molecule has 1 fully saturated rings. The van der Waals surface area contributed by atoms with Crippen molar-refractivity contribution in [3.8, 4) is 0 Å². The van der Waals surface area contributed by atoms with Crippen molar-refractivity contribution in [1.29, 1.82) is 0 Å². The van der Waals surface area contributed by atoms with Gasteiger partial charge in [-0.05, 0) is 35.7 Å². The van der Waals surface area contributed by atoms with Gasteiger partial charge in [-0.25, -0.2) is 14.6 Å². The van der Waals surface area contributed by atoms with Crippen molar-refractivity contribution in [2.24, 2.45) is 0 Å². The first kappa shape index (κ1) is 19.8. The number of aromatic nitrogens is 2. The van der Waals surface area contributed by atoms with Crippen LogP contribution in [0.2, 0.25) is 0 Å². The Kier molecular flexibility index (Phi) is 6.20. The molecule has 0 radical (unpaired) electrons. The summed E-state index contributed by atoms with van der Waals surface area (Å²) in [4.78, 5) is 30.4. The van der Waals surface area contributed by atoms with Crippen LogP contribution in [0.1, 0.15) is 17.5 Å². The topological polar surface area (TPSA) is 79.3 Å². The number of nitrogens with zero attached hydrogens (tertiary/aromatic N) is 3. The minimum absolute atomic E-state index is 0.130. The normalized spacial score (nSPS) is 16.3. The van der Waals surface area contributed by atoms with Gasteiger partial charge in [-0.2, -0.15) is 0 Å². The molecule has 0 spiro atoms. The minimum atomic E-state index is -0.296. The van der Waals surface area contributed by atoms with Gasteiger partial charge in [0.15, 0.2) is 0 Å². The number of likely N-dealkylation sites (tertiary alicyclic amines) is 1. The fourth-order valence-electron chi connectivity index (χ4n) is 3.74. The maximum Gasteiger partial charge on any atom is 0.347 e. The second-order valence-electron chi connectivity index (χ2n) is 7.54. The third kappa shape index (κ3) is 5.33. The summed E-state index contributed by atoms with van der Waals surface area (Å²) < 4.78 is 1.53. The van der Waals surface area contributed by atoms with E-state index in [0.29, 0.717) is 12.2 Å². The molecule has 1 atom stereocenters. The Balaban J connectivity index is 1.29. The quantitative estimate of drug-likeness (QED) is 0.663. The monoisotopic (exact) mass is 403 g/mol. The second kappa shape index (κ2) is 9.37. The predicted octanol–water partition coefficient (Wildman–Crippen LogP) is 2.69. The van der Waals surface area contributed by atoms with Gasteiger partial charge in [-0.15, -0.1) is 0 Å². The molecule has 7 nitrogen and oxygen atoms in total. The molecule has 2 N–H and O–H groups in total. The van der Waals surface area contributed by atoms with Crippen LogP contribution < -0.4 is 16.3 Å².